The highest BCUT2D eigenvalue weighted by atomic mass is 19.1. The van der Waals surface area contributed by atoms with Crippen molar-refractivity contribution in [2.45, 2.75) is 38.1 Å². The van der Waals surface area contributed by atoms with E-state index in [-0.39, 0.29) is 18.1 Å². The van der Waals surface area contributed by atoms with Gasteiger partial charge in [-0.1, -0.05) is 0 Å². The van der Waals surface area contributed by atoms with Crippen molar-refractivity contribution in [3.63, 3.8) is 0 Å². The van der Waals surface area contributed by atoms with Gasteiger partial charge in [-0.15, -0.1) is 0 Å². The molecule has 1 aromatic carbocycles. The molecule has 3 aliphatic rings. The lowest BCUT2D eigenvalue weighted by atomic mass is 9.94. The van der Waals surface area contributed by atoms with Crippen molar-refractivity contribution in [3.05, 3.63) is 24.0 Å². The van der Waals surface area contributed by atoms with Gasteiger partial charge < -0.3 is 15.5 Å². The third-order valence-electron chi connectivity index (χ3n) is 6.57. The fourth-order valence-electron chi connectivity index (χ4n) is 4.60. The highest BCUT2D eigenvalue weighted by Gasteiger charge is 2.27. The second-order valence-corrected chi connectivity index (χ2v) is 8.62. The van der Waals surface area contributed by atoms with Crippen LogP contribution in [0.3, 0.4) is 0 Å². The van der Waals surface area contributed by atoms with E-state index in [1.165, 1.54) is 19.3 Å². The number of imide groups is 1. The summed E-state index contributed by atoms with van der Waals surface area (Å²) in [7, 11) is 0. The Morgan fingerprint density at radius 2 is 1.83 bits per heavy atom. The summed E-state index contributed by atoms with van der Waals surface area (Å²) in [5.74, 6) is -0.188. The summed E-state index contributed by atoms with van der Waals surface area (Å²) in [5, 5.41) is 8.65. The van der Waals surface area contributed by atoms with Gasteiger partial charge in [0.1, 0.15) is 11.9 Å². The predicted octanol–water partition coefficient (Wildman–Crippen LogP) is 1.55. The molecule has 4 rings (SSSR count). The molecule has 3 fully saturated rings. The van der Waals surface area contributed by atoms with E-state index in [0.29, 0.717) is 12.1 Å². The number of benzene rings is 1. The van der Waals surface area contributed by atoms with E-state index in [2.05, 4.69) is 25.8 Å². The molecule has 0 aliphatic carbocycles. The molecule has 3 heterocycles. The zero-order valence-electron chi connectivity index (χ0n) is 17.5. The summed E-state index contributed by atoms with van der Waals surface area (Å²) in [6.45, 7) is 7.25. The molecule has 0 saturated carbocycles. The largest absolute Gasteiger partial charge is 0.371 e. The van der Waals surface area contributed by atoms with Gasteiger partial charge in [0.15, 0.2) is 0 Å². The molecular formula is C22H32FN5O2. The average molecular weight is 418 g/mol. The Balaban J connectivity index is 1.26. The lowest BCUT2D eigenvalue weighted by molar-refractivity contribution is -0.133. The standard InChI is InChI=1S/C22H32FN5O2/c23-18-15-17(1-2-19(18)25-20-3-4-21(29)26-22(20)30)28-13-11-27(12-14-28)10-7-16-5-8-24-9-6-16/h1-2,15-16,20,24-25H,3-14H2,(H,26,29,30). The predicted molar refractivity (Wildman–Crippen MR) is 115 cm³/mol. The van der Waals surface area contributed by atoms with Crippen molar-refractivity contribution in [2.24, 2.45) is 5.92 Å². The molecule has 0 spiro atoms. The van der Waals surface area contributed by atoms with Crippen LogP contribution in [0.15, 0.2) is 18.2 Å². The Kier molecular flexibility index (Phi) is 6.84. The van der Waals surface area contributed by atoms with Crippen molar-refractivity contribution >= 4 is 23.2 Å². The van der Waals surface area contributed by atoms with E-state index in [1.807, 2.05) is 6.07 Å². The van der Waals surface area contributed by atoms with Crippen LogP contribution in [-0.4, -0.2) is 68.6 Å². The summed E-state index contributed by atoms with van der Waals surface area (Å²) in [6.07, 6.45) is 4.50. The molecule has 0 aromatic heterocycles. The summed E-state index contributed by atoms with van der Waals surface area (Å²) in [6, 6.07) is 4.56. The van der Waals surface area contributed by atoms with Crippen LogP contribution in [0.2, 0.25) is 0 Å². The lowest BCUT2D eigenvalue weighted by Crippen LogP contribution is -2.47. The maximum Gasteiger partial charge on any atom is 0.249 e. The minimum atomic E-state index is -0.577. The molecule has 8 heteroatoms. The SMILES string of the molecule is O=C1CCC(Nc2ccc(N3CCN(CCC4CCNCC4)CC3)cc2F)C(=O)N1. The minimum Gasteiger partial charge on any atom is -0.371 e. The number of carbonyl (C=O) groups excluding carboxylic acids is 2. The smallest absolute Gasteiger partial charge is 0.249 e. The highest BCUT2D eigenvalue weighted by Crippen LogP contribution is 2.25. The number of anilines is 2. The number of nitrogens with zero attached hydrogens (tertiary/aromatic N) is 2. The van der Waals surface area contributed by atoms with E-state index >= 15 is 0 Å². The van der Waals surface area contributed by atoms with Crippen LogP contribution in [0.1, 0.15) is 32.1 Å². The van der Waals surface area contributed by atoms with E-state index in [9.17, 15) is 14.0 Å². The Morgan fingerprint density at radius 1 is 1.07 bits per heavy atom. The van der Waals surface area contributed by atoms with Crippen LogP contribution in [0.25, 0.3) is 0 Å². The number of nitrogens with one attached hydrogen (secondary N) is 3. The molecule has 1 aromatic rings. The number of carbonyl (C=O) groups is 2. The zero-order chi connectivity index (χ0) is 20.9. The lowest BCUT2D eigenvalue weighted by Gasteiger charge is -2.37. The van der Waals surface area contributed by atoms with Crippen LogP contribution in [0.4, 0.5) is 15.8 Å². The maximum atomic E-state index is 14.7. The molecule has 0 radical (unpaired) electrons. The molecule has 30 heavy (non-hydrogen) atoms. The highest BCUT2D eigenvalue weighted by molar-refractivity contribution is 6.01. The minimum absolute atomic E-state index is 0.269. The van der Waals surface area contributed by atoms with Crippen molar-refractivity contribution in [1.82, 2.24) is 15.5 Å². The number of rotatable bonds is 6. The normalized spacial score (nSPS) is 24.0. The van der Waals surface area contributed by atoms with Crippen molar-refractivity contribution < 1.29 is 14.0 Å². The molecule has 3 saturated heterocycles. The van der Waals surface area contributed by atoms with Gasteiger partial charge in [-0.05, 0) is 69.4 Å². The Morgan fingerprint density at radius 3 is 2.53 bits per heavy atom. The van der Waals surface area contributed by atoms with Crippen LogP contribution >= 0.6 is 0 Å². The van der Waals surface area contributed by atoms with Crippen molar-refractivity contribution in [2.75, 3.05) is 56.0 Å². The van der Waals surface area contributed by atoms with E-state index in [0.717, 1.165) is 57.4 Å². The first kappa shape index (κ1) is 21.1. The number of piperazine rings is 1. The van der Waals surface area contributed by atoms with Gasteiger partial charge in [-0.25, -0.2) is 4.39 Å². The Bertz CT molecular complexity index is 760. The summed E-state index contributed by atoms with van der Waals surface area (Å²) >= 11 is 0. The second kappa shape index (κ2) is 9.75. The molecule has 3 aliphatic heterocycles. The molecule has 3 N–H and O–H groups in total. The first-order chi connectivity index (χ1) is 14.6. The molecule has 1 unspecified atom stereocenters. The molecule has 7 nitrogen and oxygen atoms in total. The molecule has 164 valence electrons. The van der Waals surface area contributed by atoms with Gasteiger partial charge in [0.25, 0.3) is 0 Å². The van der Waals surface area contributed by atoms with Crippen LogP contribution in [0.5, 0.6) is 0 Å². The van der Waals surface area contributed by atoms with E-state index in [1.54, 1.807) is 12.1 Å². The monoisotopic (exact) mass is 417 g/mol. The van der Waals surface area contributed by atoms with Crippen LogP contribution < -0.4 is 20.9 Å². The number of amides is 2. The summed E-state index contributed by atoms with van der Waals surface area (Å²) in [5.41, 5.74) is 1.17. The number of hydrogen-bond acceptors (Lipinski definition) is 6. The van der Waals surface area contributed by atoms with Gasteiger partial charge in [-0.2, -0.15) is 0 Å². The first-order valence-corrected chi connectivity index (χ1v) is 11.2. The van der Waals surface area contributed by atoms with Crippen molar-refractivity contribution in [1.29, 1.82) is 0 Å². The topological polar surface area (TPSA) is 76.7 Å². The third-order valence-corrected chi connectivity index (χ3v) is 6.57. The molecule has 1 atom stereocenters. The van der Waals surface area contributed by atoms with Gasteiger partial charge in [0.2, 0.25) is 11.8 Å². The summed E-state index contributed by atoms with van der Waals surface area (Å²) < 4.78 is 14.7. The number of piperidine rings is 2. The number of hydrogen-bond donors (Lipinski definition) is 3. The quantitative estimate of drug-likeness (QED) is 0.610. The molecule has 0 bridgehead atoms. The fraction of sp³-hybridized carbons (Fsp3) is 0.636. The van der Waals surface area contributed by atoms with E-state index < -0.39 is 11.9 Å². The van der Waals surface area contributed by atoms with E-state index in [4.69, 9.17) is 0 Å². The van der Waals surface area contributed by atoms with Crippen molar-refractivity contribution in [3.8, 4) is 0 Å². The third kappa shape index (κ3) is 5.29. The molecular weight excluding hydrogens is 385 g/mol. The Hall–Kier alpha value is -2.19. The number of halogens is 1. The van der Waals surface area contributed by atoms with Gasteiger partial charge in [0.05, 0.1) is 5.69 Å². The summed E-state index contributed by atoms with van der Waals surface area (Å²) in [4.78, 5) is 27.9. The fourth-order valence-corrected chi connectivity index (χ4v) is 4.60. The zero-order valence-corrected chi connectivity index (χ0v) is 17.5. The first-order valence-electron chi connectivity index (χ1n) is 11.2. The average Bonchev–Trinajstić information content (AvgIpc) is 2.76. The van der Waals surface area contributed by atoms with Gasteiger partial charge >= 0.3 is 0 Å². The van der Waals surface area contributed by atoms with Gasteiger partial charge in [-0.3, -0.25) is 19.8 Å². The van der Waals surface area contributed by atoms with Gasteiger partial charge in [0, 0.05) is 38.3 Å². The second-order valence-electron chi connectivity index (χ2n) is 8.62. The van der Waals surface area contributed by atoms with Crippen LogP contribution in [0, 0.1) is 11.7 Å². The van der Waals surface area contributed by atoms with Crippen LogP contribution in [-0.2, 0) is 9.59 Å². The molecule has 2 amide bonds. The maximum absolute atomic E-state index is 14.7. The Labute approximate surface area is 177 Å².